The van der Waals surface area contributed by atoms with Gasteiger partial charge in [0, 0.05) is 56.9 Å². The summed E-state index contributed by atoms with van der Waals surface area (Å²) in [5.74, 6) is 1.87. The Labute approximate surface area is 203 Å². The van der Waals surface area contributed by atoms with Crippen LogP contribution in [0.3, 0.4) is 0 Å². The van der Waals surface area contributed by atoms with Crippen LogP contribution in [0.15, 0.2) is 55.0 Å². The largest absolute Gasteiger partial charge is 0.494 e. The number of aromatic nitrogens is 3. The Balaban J connectivity index is 1.32. The quantitative estimate of drug-likeness (QED) is 0.522. The van der Waals surface area contributed by atoms with Gasteiger partial charge in [-0.2, -0.15) is 0 Å². The number of piperazine rings is 1. The van der Waals surface area contributed by atoms with Gasteiger partial charge >= 0.3 is 6.03 Å². The van der Waals surface area contributed by atoms with Crippen molar-refractivity contribution in [3.8, 4) is 17.1 Å². The number of nitrogens with zero attached hydrogens (tertiary/aromatic N) is 7. The summed E-state index contributed by atoms with van der Waals surface area (Å²) in [6.45, 7) is 5.06. The van der Waals surface area contributed by atoms with Gasteiger partial charge in [0.1, 0.15) is 11.4 Å². The van der Waals surface area contributed by atoms with Crippen molar-refractivity contribution < 1.29 is 14.3 Å². The second-order valence-corrected chi connectivity index (χ2v) is 8.36. The van der Waals surface area contributed by atoms with E-state index in [0.29, 0.717) is 50.1 Å². The number of carbonyl (C=O) groups excluding carboxylic acids is 2. The number of benzene rings is 1. The third-order valence-electron chi connectivity index (χ3n) is 6.32. The molecule has 0 N–H and O–H groups in total. The first-order chi connectivity index (χ1) is 17.1. The molecular weight excluding hydrogens is 446 g/mol. The zero-order valence-electron chi connectivity index (χ0n) is 19.7. The van der Waals surface area contributed by atoms with Crippen molar-refractivity contribution >= 4 is 29.5 Å². The molecule has 5 rings (SSSR count). The normalized spacial score (nSPS) is 17.4. The molecule has 180 valence electrons. The van der Waals surface area contributed by atoms with Crippen LogP contribution in [0.1, 0.15) is 6.92 Å². The molecule has 10 heteroatoms. The van der Waals surface area contributed by atoms with E-state index in [1.807, 2.05) is 43.3 Å². The van der Waals surface area contributed by atoms with Crippen LogP contribution in [0.5, 0.6) is 5.75 Å². The molecule has 0 aliphatic carbocycles. The third-order valence-corrected chi connectivity index (χ3v) is 6.32. The lowest BCUT2D eigenvalue weighted by molar-refractivity contribution is -0.108. The fourth-order valence-corrected chi connectivity index (χ4v) is 4.47. The zero-order chi connectivity index (χ0) is 24.4. The molecule has 35 heavy (non-hydrogen) atoms. The van der Waals surface area contributed by atoms with Gasteiger partial charge in [0.2, 0.25) is 0 Å². The fourth-order valence-electron chi connectivity index (χ4n) is 4.47. The highest BCUT2D eigenvalue weighted by Gasteiger charge is 2.41. The van der Waals surface area contributed by atoms with E-state index in [9.17, 15) is 9.59 Å². The lowest BCUT2D eigenvalue weighted by Gasteiger charge is -2.38. The van der Waals surface area contributed by atoms with Gasteiger partial charge in [-0.05, 0) is 43.3 Å². The average Bonchev–Trinajstić information content (AvgIpc) is 3.20. The monoisotopic (exact) mass is 473 g/mol. The number of hydrogen-bond acceptors (Lipinski definition) is 8. The predicted molar refractivity (Wildman–Crippen MR) is 133 cm³/mol. The number of ether oxygens (including phenoxy) is 1. The smallest absolute Gasteiger partial charge is 0.326 e. The molecule has 0 spiro atoms. The van der Waals surface area contributed by atoms with Crippen molar-refractivity contribution in [2.45, 2.75) is 13.1 Å². The van der Waals surface area contributed by atoms with Gasteiger partial charge in [0.05, 0.1) is 12.8 Å². The van der Waals surface area contributed by atoms with Gasteiger partial charge in [0.15, 0.2) is 24.1 Å². The van der Waals surface area contributed by atoms with Crippen LogP contribution < -0.4 is 19.4 Å². The summed E-state index contributed by atoms with van der Waals surface area (Å²) in [5, 5.41) is 0. The Bertz CT molecular complexity index is 1200. The number of pyridine rings is 1. The van der Waals surface area contributed by atoms with Crippen LogP contribution in [0.25, 0.3) is 11.4 Å². The Morgan fingerprint density at radius 2 is 1.89 bits per heavy atom. The minimum Gasteiger partial charge on any atom is -0.494 e. The first-order valence-electron chi connectivity index (χ1n) is 11.6. The van der Waals surface area contributed by atoms with Gasteiger partial charge in [-0.1, -0.05) is 0 Å². The molecule has 0 bridgehead atoms. The van der Waals surface area contributed by atoms with Crippen LogP contribution in [-0.2, 0) is 4.79 Å². The summed E-state index contributed by atoms with van der Waals surface area (Å²) >= 11 is 0. The molecule has 4 heterocycles. The number of hydrogen-bond donors (Lipinski definition) is 0. The number of amides is 2. The van der Waals surface area contributed by atoms with E-state index in [4.69, 9.17) is 4.74 Å². The van der Waals surface area contributed by atoms with Crippen molar-refractivity contribution in [1.82, 2.24) is 19.9 Å². The van der Waals surface area contributed by atoms with E-state index in [0.717, 1.165) is 23.3 Å². The fraction of sp³-hybridized carbons (Fsp3) is 0.320. The van der Waals surface area contributed by atoms with Crippen molar-refractivity contribution in [2.24, 2.45) is 0 Å². The minimum absolute atomic E-state index is 0.225. The highest BCUT2D eigenvalue weighted by atomic mass is 16.5. The number of urea groups is 1. The summed E-state index contributed by atoms with van der Waals surface area (Å²) < 4.78 is 5.52. The molecule has 2 amide bonds. The highest BCUT2D eigenvalue weighted by molar-refractivity contribution is 6.03. The molecule has 1 unspecified atom stereocenters. The summed E-state index contributed by atoms with van der Waals surface area (Å²) in [4.78, 5) is 46.0. The minimum atomic E-state index is -0.778. The van der Waals surface area contributed by atoms with Crippen molar-refractivity contribution in [3.63, 3.8) is 0 Å². The molecule has 1 aromatic carbocycles. The van der Waals surface area contributed by atoms with Gasteiger partial charge in [-0.3, -0.25) is 14.7 Å². The SMILES string of the molecule is CCOc1ccc(N2CCN(C(=O)N3c4cnc(-c5cccnc5)nc4N(C)C3C=O)CC2)cc1. The zero-order valence-corrected chi connectivity index (χ0v) is 19.7. The maximum atomic E-state index is 13.6. The molecule has 1 atom stereocenters. The molecule has 1 saturated heterocycles. The summed E-state index contributed by atoms with van der Waals surface area (Å²) in [6.07, 6.45) is 4.96. The molecule has 2 aliphatic heterocycles. The van der Waals surface area contributed by atoms with Crippen molar-refractivity contribution in [1.29, 1.82) is 0 Å². The highest BCUT2D eigenvalue weighted by Crippen LogP contribution is 2.38. The number of fused-ring (bicyclic) bond motifs is 1. The van der Waals surface area contributed by atoms with Gasteiger partial charge in [-0.15, -0.1) is 0 Å². The van der Waals surface area contributed by atoms with E-state index < -0.39 is 6.17 Å². The number of anilines is 3. The number of likely N-dealkylation sites (N-methyl/N-ethyl adjacent to an activating group) is 1. The Hall–Kier alpha value is -4.21. The van der Waals surface area contributed by atoms with Crippen LogP contribution in [-0.4, -0.2) is 78.2 Å². The van der Waals surface area contributed by atoms with Crippen LogP contribution >= 0.6 is 0 Å². The van der Waals surface area contributed by atoms with Gasteiger partial charge in [-0.25, -0.2) is 14.8 Å². The maximum Gasteiger partial charge on any atom is 0.326 e. The summed E-state index contributed by atoms with van der Waals surface area (Å²) in [6, 6.07) is 11.4. The number of carbonyl (C=O) groups is 2. The van der Waals surface area contributed by atoms with E-state index in [1.165, 1.54) is 4.90 Å². The summed E-state index contributed by atoms with van der Waals surface area (Å²) in [5.41, 5.74) is 2.38. The van der Waals surface area contributed by atoms with E-state index in [2.05, 4.69) is 19.9 Å². The van der Waals surface area contributed by atoms with E-state index in [-0.39, 0.29) is 6.03 Å². The van der Waals surface area contributed by atoms with Crippen LogP contribution in [0.2, 0.25) is 0 Å². The molecular formula is C25H27N7O3. The van der Waals surface area contributed by atoms with Crippen molar-refractivity contribution in [2.75, 3.05) is 54.5 Å². The molecule has 0 saturated carbocycles. The molecule has 1 fully saturated rings. The molecule has 0 radical (unpaired) electrons. The average molecular weight is 474 g/mol. The predicted octanol–water partition coefficient (Wildman–Crippen LogP) is 2.66. The first kappa shape index (κ1) is 22.6. The Morgan fingerprint density at radius 1 is 1.11 bits per heavy atom. The molecule has 3 aromatic rings. The first-order valence-corrected chi connectivity index (χ1v) is 11.6. The van der Waals surface area contributed by atoms with Gasteiger partial charge < -0.3 is 19.4 Å². The van der Waals surface area contributed by atoms with E-state index >= 15 is 0 Å². The second kappa shape index (κ2) is 9.57. The lowest BCUT2D eigenvalue weighted by atomic mass is 10.2. The summed E-state index contributed by atoms with van der Waals surface area (Å²) in [7, 11) is 1.76. The standard InChI is InChI=1S/C25H27N7O3/c1-3-35-20-8-6-19(7-9-20)30-11-13-31(14-12-30)25(34)32-21-16-27-23(18-5-4-10-26-15-18)28-24(21)29(2)22(32)17-33/h4-10,15-17,22H,3,11-14H2,1-2H3. The maximum absolute atomic E-state index is 13.6. The lowest BCUT2D eigenvalue weighted by Crippen LogP contribution is -2.56. The van der Waals surface area contributed by atoms with Crippen LogP contribution in [0, 0.1) is 0 Å². The third kappa shape index (κ3) is 4.23. The Kier molecular flexibility index (Phi) is 6.17. The molecule has 2 aliphatic rings. The van der Waals surface area contributed by atoms with Crippen LogP contribution in [0.4, 0.5) is 22.0 Å². The van der Waals surface area contributed by atoms with Crippen molar-refractivity contribution in [3.05, 3.63) is 55.0 Å². The topological polar surface area (TPSA) is 95.0 Å². The number of rotatable bonds is 5. The Morgan fingerprint density at radius 3 is 2.54 bits per heavy atom. The number of aldehydes is 1. The second-order valence-electron chi connectivity index (χ2n) is 8.36. The molecule has 2 aromatic heterocycles. The van der Waals surface area contributed by atoms with Gasteiger partial charge in [0.25, 0.3) is 0 Å². The molecule has 10 nitrogen and oxygen atoms in total. The van der Waals surface area contributed by atoms with E-state index in [1.54, 1.807) is 35.4 Å².